The lowest BCUT2D eigenvalue weighted by Gasteiger charge is -1.91. The van der Waals surface area contributed by atoms with Gasteiger partial charge in [0, 0.05) is 12.1 Å². The molecular weight excluding hydrogens is 184 g/mol. The molecule has 0 spiro atoms. The molecule has 0 radical (unpaired) electrons. The normalized spacial score (nSPS) is 11.4. The van der Waals surface area contributed by atoms with E-state index in [9.17, 15) is 9.59 Å². The Morgan fingerprint density at radius 2 is 1.29 bits per heavy atom. The molecule has 6 nitrogen and oxygen atoms in total. The van der Waals surface area contributed by atoms with Gasteiger partial charge in [0.1, 0.15) is 0 Å². The number of hydrogen-bond acceptors (Lipinski definition) is 4. The molecule has 0 aromatic carbocycles. The third-order valence-electron chi connectivity index (χ3n) is 2.00. The molecule has 3 aromatic rings. The van der Waals surface area contributed by atoms with Gasteiger partial charge in [-0.05, 0) is 0 Å². The second-order valence-corrected chi connectivity index (χ2v) is 2.96. The summed E-state index contributed by atoms with van der Waals surface area (Å²) in [7, 11) is 0. The van der Waals surface area contributed by atoms with Crippen LogP contribution in [0, 0.1) is 0 Å². The van der Waals surface area contributed by atoms with E-state index in [0.717, 1.165) is 0 Å². The van der Waals surface area contributed by atoms with E-state index in [1.54, 1.807) is 0 Å². The highest BCUT2D eigenvalue weighted by Crippen LogP contribution is 2.09. The van der Waals surface area contributed by atoms with Crippen molar-refractivity contribution in [2.75, 3.05) is 0 Å². The zero-order valence-electron chi connectivity index (χ0n) is 6.87. The Morgan fingerprint density at radius 3 is 1.71 bits per heavy atom. The van der Waals surface area contributed by atoms with Gasteiger partial charge < -0.3 is 9.97 Å². The van der Waals surface area contributed by atoms with Crippen LogP contribution in [0.1, 0.15) is 0 Å². The fraction of sp³-hybridized carbons (Fsp3) is 0. The van der Waals surface area contributed by atoms with Gasteiger partial charge >= 0.3 is 0 Å². The van der Waals surface area contributed by atoms with Crippen LogP contribution in [0.3, 0.4) is 0 Å². The molecule has 3 rings (SSSR count). The van der Waals surface area contributed by atoms with Gasteiger partial charge in [-0.15, -0.1) is 0 Å². The third kappa shape index (κ3) is 0.846. The molecule has 0 bridgehead atoms. The minimum Gasteiger partial charge on any atom is -0.335 e. The molecule has 3 heterocycles. The van der Waals surface area contributed by atoms with Gasteiger partial charge in [-0.3, -0.25) is 9.59 Å². The number of rotatable bonds is 0. The molecule has 0 aliphatic heterocycles. The van der Waals surface area contributed by atoms with Crippen LogP contribution in [0.15, 0.2) is 21.7 Å². The molecule has 68 valence electrons. The molecule has 0 aliphatic carbocycles. The van der Waals surface area contributed by atoms with E-state index >= 15 is 0 Å². The summed E-state index contributed by atoms with van der Waals surface area (Å²) < 4.78 is 0. The highest BCUT2D eigenvalue weighted by atomic mass is 16.1. The Morgan fingerprint density at radius 1 is 0.857 bits per heavy atom. The smallest absolute Gasteiger partial charge is 0.273 e. The molecule has 0 saturated heterocycles. The molecule has 6 heteroatoms. The number of nitrogens with zero attached hydrogens (tertiary/aromatic N) is 2. The summed E-state index contributed by atoms with van der Waals surface area (Å²) in [6, 6.07) is 2.70. The maximum Gasteiger partial charge on any atom is 0.273 e. The van der Waals surface area contributed by atoms with Gasteiger partial charge in [0.25, 0.3) is 11.1 Å². The number of nitrogens with one attached hydrogen (secondary N) is 2. The molecular formula is C8H4N4O2. The average Bonchev–Trinajstić information content (AvgIpc) is 2.59. The molecule has 0 unspecified atom stereocenters. The van der Waals surface area contributed by atoms with Crippen LogP contribution in [-0.4, -0.2) is 19.9 Å². The molecule has 2 N–H and O–H groups in total. The van der Waals surface area contributed by atoms with Crippen LogP contribution in [-0.2, 0) is 0 Å². The number of fused-ring (bicyclic) bond motifs is 2. The largest absolute Gasteiger partial charge is 0.335 e. The van der Waals surface area contributed by atoms with E-state index in [-0.39, 0.29) is 11.1 Å². The SMILES string of the molecule is O=c1cc2[nH]c3nc(=O)cc3[nH]c2n1. The maximum atomic E-state index is 10.9. The van der Waals surface area contributed by atoms with Gasteiger partial charge in [0.15, 0.2) is 11.3 Å². The van der Waals surface area contributed by atoms with Crippen molar-refractivity contribution in [1.29, 1.82) is 0 Å². The van der Waals surface area contributed by atoms with Crippen LogP contribution in [0.5, 0.6) is 0 Å². The minimum atomic E-state index is -0.317. The van der Waals surface area contributed by atoms with Gasteiger partial charge in [-0.1, -0.05) is 0 Å². The monoisotopic (exact) mass is 188 g/mol. The van der Waals surface area contributed by atoms with Crippen LogP contribution >= 0.6 is 0 Å². The molecule has 0 saturated carbocycles. The Hall–Kier alpha value is -2.24. The molecule has 14 heavy (non-hydrogen) atoms. The zero-order valence-corrected chi connectivity index (χ0v) is 6.87. The van der Waals surface area contributed by atoms with E-state index in [1.165, 1.54) is 12.1 Å². The van der Waals surface area contributed by atoms with E-state index in [1.807, 2.05) is 0 Å². The lowest BCUT2D eigenvalue weighted by Crippen LogP contribution is -1.94. The first-order valence-corrected chi connectivity index (χ1v) is 3.96. The lowest BCUT2D eigenvalue weighted by atomic mass is 10.5. The van der Waals surface area contributed by atoms with Crippen molar-refractivity contribution in [3.63, 3.8) is 0 Å². The van der Waals surface area contributed by atoms with Gasteiger partial charge in [-0.2, -0.15) is 9.97 Å². The van der Waals surface area contributed by atoms with Crippen molar-refractivity contribution in [1.82, 2.24) is 19.9 Å². The first kappa shape index (κ1) is 7.19. The lowest BCUT2D eigenvalue weighted by molar-refractivity contribution is 1.28. The fourth-order valence-corrected chi connectivity index (χ4v) is 1.43. The number of hydrogen-bond donors (Lipinski definition) is 2. The summed E-state index contributed by atoms with van der Waals surface area (Å²) >= 11 is 0. The van der Waals surface area contributed by atoms with Crippen molar-refractivity contribution in [3.8, 4) is 0 Å². The van der Waals surface area contributed by atoms with E-state index < -0.39 is 0 Å². The quantitative estimate of drug-likeness (QED) is 0.502. The number of aromatic amines is 2. The van der Waals surface area contributed by atoms with Crippen LogP contribution in [0.4, 0.5) is 0 Å². The van der Waals surface area contributed by atoms with Crippen molar-refractivity contribution in [3.05, 3.63) is 32.8 Å². The molecule has 3 aromatic heterocycles. The highest BCUT2D eigenvalue weighted by molar-refractivity contribution is 5.82. The summed E-state index contributed by atoms with van der Waals surface area (Å²) in [4.78, 5) is 34.9. The summed E-state index contributed by atoms with van der Waals surface area (Å²) in [6.45, 7) is 0. The first-order chi connectivity index (χ1) is 6.72. The number of H-pyrrole nitrogens is 2. The summed E-state index contributed by atoms with van der Waals surface area (Å²) in [5.74, 6) is 0. The molecule has 0 aliphatic rings. The van der Waals surface area contributed by atoms with E-state index in [2.05, 4.69) is 19.9 Å². The van der Waals surface area contributed by atoms with Crippen molar-refractivity contribution in [2.45, 2.75) is 0 Å². The highest BCUT2D eigenvalue weighted by Gasteiger charge is 2.05. The second-order valence-electron chi connectivity index (χ2n) is 2.96. The van der Waals surface area contributed by atoms with Gasteiger partial charge in [-0.25, -0.2) is 0 Å². The third-order valence-corrected chi connectivity index (χ3v) is 2.00. The minimum absolute atomic E-state index is 0.317. The van der Waals surface area contributed by atoms with Gasteiger partial charge in [0.2, 0.25) is 0 Å². The Labute approximate surface area is 76.0 Å². The number of aromatic nitrogens is 4. The standard InChI is InChI=1S/C8H4N4O2/c13-5-1-3-7(11-5)10-4-2-6(14)12-8(4)9-3/h1-2H,(H,9,12,14)(H,10,11,13). The molecule has 0 atom stereocenters. The van der Waals surface area contributed by atoms with Crippen molar-refractivity contribution in [2.24, 2.45) is 0 Å². The molecule has 0 amide bonds. The summed E-state index contributed by atoms with van der Waals surface area (Å²) in [5, 5.41) is 0. The van der Waals surface area contributed by atoms with Crippen molar-refractivity contribution >= 4 is 22.3 Å². The maximum absolute atomic E-state index is 10.9. The van der Waals surface area contributed by atoms with Gasteiger partial charge in [0.05, 0.1) is 11.0 Å². The molecule has 0 fully saturated rings. The Kier molecular flexibility index (Phi) is 1.11. The first-order valence-electron chi connectivity index (χ1n) is 3.96. The predicted molar refractivity (Wildman–Crippen MR) is 49.5 cm³/mol. The van der Waals surface area contributed by atoms with Crippen LogP contribution < -0.4 is 11.1 Å². The fourth-order valence-electron chi connectivity index (χ4n) is 1.43. The van der Waals surface area contributed by atoms with Crippen molar-refractivity contribution < 1.29 is 0 Å². The average molecular weight is 188 g/mol. The predicted octanol–water partition coefficient (Wildman–Crippen LogP) is -0.403. The van der Waals surface area contributed by atoms with Crippen LogP contribution in [0.25, 0.3) is 22.3 Å². The van der Waals surface area contributed by atoms with Crippen LogP contribution in [0.2, 0.25) is 0 Å². The summed E-state index contributed by atoms with van der Waals surface area (Å²) in [5.41, 5.74) is 1.36. The van der Waals surface area contributed by atoms with E-state index in [0.29, 0.717) is 22.3 Å². The Balaban J connectivity index is 2.61. The van der Waals surface area contributed by atoms with E-state index in [4.69, 9.17) is 0 Å². The second kappa shape index (κ2) is 2.16. The Bertz CT molecular complexity index is 610. The topological polar surface area (TPSA) is 91.5 Å². The summed E-state index contributed by atoms with van der Waals surface area (Å²) in [6.07, 6.45) is 0. The zero-order chi connectivity index (χ0) is 9.71.